The molecule has 0 aliphatic carbocycles. The van der Waals surface area contributed by atoms with Gasteiger partial charge in [0.15, 0.2) is 0 Å². The number of nitrogens with one attached hydrogen (secondary N) is 1. The number of halogens is 1. The zero-order chi connectivity index (χ0) is 13.2. The third-order valence-corrected chi connectivity index (χ3v) is 5.12. The Balaban J connectivity index is 3.06. The van der Waals surface area contributed by atoms with Gasteiger partial charge in [0.25, 0.3) is 0 Å². The molecule has 1 aromatic rings. The van der Waals surface area contributed by atoms with E-state index in [9.17, 15) is 8.42 Å². The number of benzene rings is 1. The van der Waals surface area contributed by atoms with Gasteiger partial charge in [-0.3, -0.25) is 4.72 Å². The Hall–Kier alpha value is -0.660. The number of anilines is 1. The number of sulfonamides is 1. The first-order valence-electron chi connectivity index (χ1n) is 4.81. The lowest BCUT2D eigenvalue weighted by Crippen LogP contribution is -2.35. The van der Waals surface area contributed by atoms with Crippen LogP contribution >= 0.6 is 28.1 Å². The second-order valence-electron chi connectivity index (χ2n) is 3.67. The number of hydrogen-bond donors (Lipinski definition) is 2. The second kappa shape index (κ2) is 5.32. The summed E-state index contributed by atoms with van der Waals surface area (Å²) >= 11 is 7.97. The Kier molecular flexibility index (Phi) is 4.51. The molecule has 0 radical (unpaired) electrons. The van der Waals surface area contributed by atoms with Crippen LogP contribution in [0.2, 0.25) is 0 Å². The Bertz CT molecular complexity index is 543. The Morgan fingerprint density at radius 3 is 2.65 bits per heavy atom. The molecule has 0 aromatic heterocycles. The van der Waals surface area contributed by atoms with E-state index in [4.69, 9.17) is 5.73 Å². The summed E-state index contributed by atoms with van der Waals surface area (Å²) in [4.78, 5) is -0.0544. The number of thiocarbonyl (C=S) groups is 1. The smallest absolute Gasteiger partial charge is 0.241 e. The average molecular weight is 337 g/mol. The van der Waals surface area contributed by atoms with E-state index in [0.717, 1.165) is 5.56 Å². The Labute approximate surface area is 115 Å². The highest BCUT2D eigenvalue weighted by atomic mass is 79.9. The van der Waals surface area contributed by atoms with E-state index in [2.05, 4.69) is 32.9 Å². The molecule has 0 saturated heterocycles. The van der Waals surface area contributed by atoms with Gasteiger partial charge in [0, 0.05) is 4.47 Å². The van der Waals surface area contributed by atoms with E-state index < -0.39 is 15.3 Å². The van der Waals surface area contributed by atoms with E-state index in [0.29, 0.717) is 10.2 Å². The minimum Gasteiger partial charge on any atom is -0.392 e. The fraction of sp³-hybridized carbons (Fsp3) is 0.300. The van der Waals surface area contributed by atoms with Crippen LogP contribution in [0.15, 0.2) is 22.7 Å². The molecule has 1 rings (SSSR count). The highest BCUT2D eigenvalue weighted by Gasteiger charge is 2.23. The molecule has 1 aromatic carbocycles. The van der Waals surface area contributed by atoms with Crippen molar-refractivity contribution in [3.63, 3.8) is 0 Å². The maximum Gasteiger partial charge on any atom is 0.241 e. The normalized spacial score (nSPS) is 13.1. The lowest BCUT2D eigenvalue weighted by Gasteiger charge is -2.14. The van der Waals surface area contributed by atoms with Crippen LogP contribution < -0.4 is 10.5 Å². The molecule has 0 spiro atoms. The van der Waals surface area contributed by atoms with Crippen LogP contribution in [-0.4, -0.2) is 18.7 Å². The van der Waals surface area contributed by atoms with E-state index in [1.54, 1.807) is 12.1 Å². The van der Waals surface area contributed by atoms with E-state index in [-0.39, 0.29) is 4.99 Å². The summed E-state index contributed by atoms with van der Waals surface area (Å²) in [5.41, 5.74) is 6.78. The summed E-state index contributed by atoms with van der Waals surface area (Å²) < 4.78 is 26.9. The van der Waals surface area contributed by atoms with Gasteiger partial charge in [-0.05, 0) is 47.5 Å². The van der Waals surface area contributed by atoms with Crippen molar-refractivity contribution >= 4 is 48.8 Å². The van der Waals surface area contributed by atoms with Crippen LogP contribution in [0.4, 0.5) is 5.69 Å². The molecule has 94 valence electrons. The molecule has 0 aliphatic rings. The molecule has 1 atom stereocenters. The summed E-state index contributed by atoms with van der Waals surface area (Å²) in [6.45, 7) is 3.33. The number of aryl methyl sites for hydroxylation is 1. The van der Waals surface area contributed by atoms with Crippen LogP contribution in [0.5, 0.6) is 0 Å². The van der Waals surface area contributed by atoms with Crippen molar-refractivity contribution in [1.29, 1.82) is 0 Å². The minimum atomic E-state index is -3.60. The summed E-state index contributed by atoms with van der Waals surface area (Å²) in [6, 6.07) is 5.38. The molecule has 0 bridgehead atoms. The lowest BCUT2D eigenvalue weighted by atomic mass is 10.2. The molecule has 7 heteroatoms. The van der Waals surface area contributed by atoms with Crippen molar-refractivity contribution in [1.82, 2.24) is 0 Å². The third kappa shape index (κ3) is 3.65. The van der Waals surface area contributed by atoms with Crippen molar-refractivity contribution in [2.45, 2.75) is 19.1 Å². The first-order valence-corrected chi connectivity index (χ1v) is 7.56. The van der Waals surface area contributed by atoms with Crippen molar-refractivity contribution < 1.29 is 8.42 Å². The van der Waals surface area contributed by atoms with Gasteiger partial charge in [-0.1, -0.05) is 18.3 Å². The zero-order valence-electron chi connectivity index (χ0n) is 9.40. The van der Waals surface area contributed by atoms with Gasteiger partial charge < -0.3 is 5.73 Å². The van der Waals surface area contributed by atoms with E-state index >= 15 is 0 Å². The predicted molar refractivity (Wildman–Crippen MR) is 77.7 cm³/mol. The number of rotatable bonds is 4. The summed E-state index contributed by atoms with van der Waals surface area (Å²) in [7, 11) is -3.60. The second-order valence-corrected chi connectivity index (χ2v) is 7.00. The molecule has 1 unspecified atom stereocenters. The number of nitrogens with two attached hydrogens (primary N) is 1. The van der Waals surface area contributed by atoms with Crippen LogP contribution in [0, 0.1) is 6.92 Å². The molecule has 0 aliphatic heterocycles. The van der Waals surface area contributed by atoms with Crippen molar-refractivity contribution in [2.75, 3.05) is 4.72 Å². The van der Waals surface area contributed by atoms with Gasteiger partial charge in [0.05, 0.1) is 10.7 Å². The van der Waals surface area contributed by atoms with Gasteiger partial charge in [-0.25, -0.2) is 8.42 Å². The predicted octanol–water partition coefficient (Wildman–Crippen LogP) is 2.17. The summed E-state index contributed by atoms with van der Waals surface area (Å²) in [5, 5.41) is -0.912. The van der Waals surface area contributed by atoms with Gasteiger partial charge >= 0.3 is 0 Å². The maximum atomic E-state index is 11.9. The minimum absolute atomic E-state index is 0.0544. The Morgan fingerprint density at radius 2 is 2.12 bits per heavy atom. The molecule has 17 heavy (non-hydrogen) atoms. The van der Waals surface area contributed by atoms with Crippen LogP contribution in [0.1, 0.15) is 12.5 Å². The Morgan fingerprint density at radius 1 is 1.53 bits per heavy atom. The van der Waals surface area contributed by atoms with Gasteiger partial charge in [0.2, 0.25) is 10.0 Å². The van der Waals surface area contributed by atoms with Gasteiger partial charge in [0.1, 0.15) is 5.25 Å². The van der Waals surface area contributed by atoms with Gasteiger partial charge in [-0.2, -0.15) is 0 Å². The molecule has 0 fully saturated rings. The molecule has 3 N–H and O–H groups in total. The van der Waals surface area contributed by atoms with E-state index in [1.165, 1.54) is 6.92 Å². The van der Waals surface area contributed by atoms with Crippen molar-refractivity contribution in [3.8, 4) is 0 Å². The largest absolute Gasteiger partial charge is 0.392 e. The molecule has 0 saturated carbocycles. The molecular weight excluding hydrogens is 324 g/mol. The highest BCUT2D eigenvalue weighted by Crippen LogP contribution is 2.25. The lowest BCUT2D eigenvalue weighted by molar-refractivity contribution is 0.598. The monoisotopic (exact) mass is 336 g/mol. The third-order valence-electron chi connectivity index (χ3n) is 2.24. The standard InChI is InChI=1S/C10H13BrN2O2S2/c1-6-3-4-8(11)9(5-6)13-17(14,15)7(2)10(12)16/h3-5,7,13H,1-2H3,(H2,12,16). The SMILES string of the molecule is Cc1ccc(Br)c(NS(=O)(=O)C(C)C(N)=S)c1. The number of hydrogen-bond acceptors (Lipinski definition) is 3. The first kappa shape index (κ1) is 14.4. The molecule has 0 heterocycles. The topological polar surface area (TPSA) is 72.2 Å². The van der Waals surface area contributed by atoms with Gasteiger partial charge in [-0.15, -0.1) is 0 Å². The summed E-state index contributed by atoms with van der Waals surface area (Å²) in [6.07, 6.45) is 0. The molecule has 4 nitrogen and oxygen atoms in total. The zero-order valence-corrected chi connectivity index (χ0v) is 12.6. The fourth-order valence-corrected chi connectivity index (χ4v) is 2.93. The highest BCUT2D eigenvalue weighted by molar-refractivity contribution is 9.10. The molecule has 0 amide bonds. The van der Waals surface area contributed by atoms with Crippen molar-refractivity contribution in [2.24, 2.45) is 5.73 Å². The van der Waals surface area contributed by atoms with Crippen molar-refractivity contribution in [3.05, 3.63) is 28.2 Å². The van der Waals surface area contributed by atoms with Crippen LogP contribution in [0.3, 0.4) is 0 Å². The average Bonchev–Trinajstić information content (AvgIpc) is 2.21. The molecular formula is C10H13BrN2O2S2. The van der Waals surface area contributed by atoms with Crippen LogP contribution in [0.25, 0.3) is 0 Å². The maximum absolute atomic E-state index is 11.9. The first-order chi connectivity index (χ1) is 7.74. The fourth-order valence-electron chi connectivity index (χ4n) is 1.11. The quantitative estimate of drug-likeness (QED) is 0.826. The summed E-state index contributed by atoms with van der Waals surface area (Å²) in [5.74, 6) is 0. The van der Waals surface area contributed by atoms with E-state index in [1.807, 2.05) is 13.0 Å². The van der Waals surface area contributed by atoms with Crippen LogP contribution in [-0.2, 0) is 10.0 Å².